The number of hydrogen-bond acceptors (Lipinski definition) is 3. The number of alkyl carbamates (subject to hydrolysis) is 1. The zero-order chi connectivity index (χ0) is 10.6. The zero-order valence-corrected chi connectivity index (χ0v) is 9.89. The Labute approximate surface area is 90.0 Å². The highest BCUT2D eigenvalue weighted by atomic mass is 32.2. The molecule has 1 amide bonds. The van der Waals surface area contributed by atoms with Gasteiger partial charge >= 0.3 is 6.09 Å². The third-order valence-electron chi connectivity index (χ3n) is 2.40. The summed E-state index contributed by atoms with van der Waals surface area (Å²) in [7, 11) is 0. The molecule has 3 nitrogen and oxygen atoms in total. The van der Waals surface area contributed by atoms with Gasteiger partial charge < -0.3 is 10.1 Å². The molecule has 0 aromatic heterocycles. The van der Waals surface area contributed by atoms with E-state index in [0.717, 1.165) is 6.42 Å². The molecular weight excluding hydrogens is 198 g/mol. The smallest absolute Gasteiger partial charge is 0.407 e. The lowest BCUT2D eigenvalue weighted by molar-refractivity contribution is 0.112. The van der Waals surface area contributed by atoms with Crippen LogP contribution in [-0.2, 0) is 4.74 Å². The van der Waals surface area contributed by atoms with Gasteiger partial charge in [-0.15, -0.1) is 0 Å². The summed E-state index contributed by atoms with van der Waals surface area (Å²) in [6.45, 7) is 3.72. The van der Waals surface area contributed by atoms with Gasteiger partial charge in [0.25, 0.3) is 0 Å². The fourth-order valence-electron chi connectivity index (χ4n) is 1.77. The van der Waals surface area contributed by atoms with Crippen LogP contribution >= 0.6 is 11.8 Å². The van der Waals surface area contributed by atoms with Crippen LogP contribution < -0.4 is 5.32 Å². The fourth-order valence-corrected chi connectivity index (χ4v) is 2.71. The van der Waals surface area contributed by atoms with E-state index in [-0.39, 0.29) is 12.2 Å². The van der Waals surface area contributed by atoms with Crippen molar-refractivity contribution < 1.29 is 9.53 Å². The number of amides is 1. The van der Waals surface area contributed by atoms with E-state index in [2.05, 4.69) is 11.6 Å². The van der Waals surface area contributed by atoms with Crippen molar-refractivity contribution in [2.45, 2.75) is 50.5 Å². The SMILES string of the molecule is CSC1CCCC1NC(=O)OC(C)C. The summed E-state index contributed by atoms with van der Waals surface area (Å²) in [5.41, 5.74) is 0. The molecule has 0 aromatic carbocycles. The molecule has 0 radical (unpaired) electrons. The van der Waals surface area contributed by atoms with Gasteiger partial charge in [-0.1, -0.05) is 6.42 Å². The minimum atomic E-state index is -0.272. The minimum absolute atomic E-state index is 0.0378. The Hall–Kier alpha value is -0.380. The van der Waals surface area contributed by atoms with Crippen LogP contribution in [0.15, 0.2) is 0 Å². The van der Waals surface area contributed by atoms with Gasteiger partial charge in [0.1, 0.15) is 0 Å². The normalized spacial score (nSPS) is 26.6. The zero-order valence-electron chi connectivity index (χ0n) is 9.08. The van der Waals surface area contributed by atoms with Crippen molar-refractivity contribution in [3.63, 3.8) is 0 Å². The van der Waals surface area contributed by atoms with E-state index < -0.39 is 0 Å². The van der Waals surface area contributed by atoms with Crippen molar-refractivity contribution in [2.24, 2.45) is 0 Å². The lowest BCUT2D eigenvalue weighted by atomic mass is 10.2. The van der Waals surface area contributed by atoms with Crippen molar-refractivity contribution in [2.75, 3.05) is 6.26 Å². The minimum Gasteiger partial charge on any atom is -0.447 e. The molecule has 0 aliphatic heterocycles. The second-order valence-electron chi connectivity index (χ2n) is 3.91. The Balaban J connectivity index is 2.32. The van der Waals surface area contributed by atoms with Crippen molar-refractivity contribution >= 4 is 17.9 Å². The first-order valence-electron chi connectivity index (χ1n) is 5.13. The van der Waals surface area contributed by atoms with Crippen LogP contribution in [0.1, 0.15) is 33.1 Å². The van der Waals surface area contributed by atoms with Gasteiger partial charge in [0.05, 0.1) is 6.10 Å². The molecule has 0 spiro atoms. The maximum atomic E-state index is 11.3. The number of nitrogens with one attached hydrogen (secondary N) is 1. The highest BCUT2D eigenvalue weighted by Crippen LogP contribution is 2.28. The largest absolute Gasteiger partial charge is 0.447 e. The van der Waals surface area contributed by atoms with Crippen LogP contribution in [0, 0.1) is 0 Å². The van der Waals surface area contributed by atoms with Crippen molar-refractivity contribution in [1.82, 2.24) is 5.32 Å². The number of rotatable bonds is 3. The van der Waals surface area contributed by atoms with Crippen LogP contribution in [-0.4, -0.2) is 29.7 Å². The Morgan fingerprint density at radius 2 is 2.21 bits per heavy atom. The average Bonchev–Trinajstić information content (AvgIpc) is 2.50. The Morgan fingerprint density at radius 3 is 2.79 bits per heavy atom. The third-order valence-corrected chi connectivity index (χ3v) is 3.57. The Morgan fingerprint density at radius 1 is 1.50 bits per heavy atom. The molecule has 0 aromatic rings. The summed E-state index contributed by atoms with van der Waals surface area (Å²) >= 11 is 1.83. The summed E-state index contributed by atoms with van der Waals surface area (Å²) in [6.07, 6.45) is 5.28. The summed E-state index contributed by atoms with van der Waals surface area (Å²) < 4.78 is 5.05. The van der Waals surface area contributed by atoms with E-state index in [9.17, 15) is 4.79 Å². The van der Waals surface area contributed by atoms with Crippen LogP contribution in [0.2, 0.25) is 0 Å². The lowest BCUT2D eigenvalue weighted by Crippen LogP contribution is -2.39. The van der Waals surface area contributed by atoms with Crippen LogP contribution in [0.3, 0.4) is 0 Å². The molecule has 0 saturated heterocycles. The molecule has 0 heterocycles. The van der Waals surface area contributed by atoms with Gasteiger partial charge in [0, 0.05) is 11.3 Å². The Bertz CT molecular complexity index is 197. The van der Waals surface area contributed by atoms with Gasteiger partial charge in [-0.25, -0.2) is 4.79 Å². The van der Waals surface area contributed by atoms with Crippen LogP contribution in [0.25, 0.3) is 0 Å². The van der Waals surface area contributed by atoms with E-state index in [1.807, 2.05) is 25.6 Å². The molecule has 2 unspecified atom stereocenters. The van der Waals surface area contributed by atoms with Crippen molar-refractivity contribution in [1.29, 1.82) is 0 Å². The highest BCUT2D eigenvalue weighted by Gasteiger charge is 2.28. The van der Waals surface area contributed by atoms with Gasteiger partial charge in [0.2, 0.25) is 0 Å². The molecule has 0 bridgehead atoms. The number of ether oxygens (including phenoxy) is 1. The molecule has 1 fully saturated rings. The monoisotopic (exact) mass is 217 g/mol. The number of carbonyl (C=O) groups excluding carboxylic acids is 1. The molecule has 1 aliphatic carbocycles. The summed E-state index contributed by atoms with van der Waals surface area (Å²) in [5.74, 6) is 0. The lowest BCUT2D eigenvalue weighted by Gasteiger charge is -2.19. The predicted molar refractivity (Wildman–Crippen MR) is 59.7 cm³/mol. The Kier molecular flexibility index (Phi) is 4.58. The van der Waals surface area contributed by atoms with E-state index >= 15 is 0 Å². The van der Waals surface area contributed by atoms with Gasteiger partial charge in [-0.3, -0.25) is 0 Å². The molecule has 4 heteroatoms. The van der Waals surface area contributed by atoms with Gasteiger partial charge in [-0.05, 0) is 32.9 Å². The van der Waals surface area contributed by atoms with E-state index in [1.54, 1.807) is 0 Å². The quantitative estimate of drug-likeness (QED) is 0.789. The molecule has 1 rings (SSSR count). The number of hydrogen-bond donors (Lipinski definition) is 1. The molecule has 2 atom stereocenters. The van der Waals surface area contributed by atoms with Crippen molar-refractivity contribution in [3.8, 4) is 0 Å². The second kappa shape index (κ2) is 5.49. The molecule has 14 heavy (non-hydrogen) atoms. The van der Waals surface area contributed by atoms with Gasteiger partial charge in [0.15, 0.2) is 0 Å². The average molecular weight is 217 g/mol. The topological polar surface area (TPSA) is 38.3 Å². The fraction of sp³-hybridized carbons (Fsp3) is 0.900. The van der Waals surface area contributed by atoms with Crippen LogP contribution in [0.4, 0.5) is 4.79 Å². The first-order valence-corrected chi connectivity index (χ1v) is 6.42. The summed E-state index contributed by atoms with van der Waals surface area (Å²) in [6, 6.07) is 0.302. The first kappa shape index (κ1) is 11.7. The molecular formula is C10H19NO2S. The van der Waals surface area contributed by atoms with E-state index in [4.69, 9.17) is 4.74 Å². The summed E-state index contributed by atoms with van der Waals surface area (Å²) in [5, 5.41) is 3.49. The molecule has 82 valence electrons. The van der Waals surface area contributed by atoms with E-state index in [0.29, 0.717) is 11.3 Å². The standard InChI is InChI=1S/C10H19NO2S/c1-7(2)13-10(12)11-8-5-4-6-9(8)14-3/h7-9H,4-6H2,1-3H3,(H,11,12). The highest BCUT2D eigenvalue weighted by molar-refractivity contribution is 7.99. The molecule has 1 N–H and O–H groups in total. The number of thioether (sulfide) groups is 1. The van der Waals surface area contributed by atoms with E-state index in [1.165, 1.54) is 12.8 Å². The second-order valence-corrected chi connectivity index (χ2v) is 4.99. The van der Waals surface area contributed by atoms with Crippen molar-refractivity contribution in [3.05, 3.63) is 0 Å². The maximum absolute atomic E-state index is 11.3. The third kappa shape index (κ3) is 3.40. The first-order chi connectivity index (χ1) is 6.63. The predicted octanol–water partition coefficient (Wildman–Crippen LogP) is 2.41. The summed E-state index contributed by atoms with van der Waals surface area (Å²) in [4.78, 5) is 11.3. The molecule has 1 aliphatic rings. The molecule has 1 saturated carbocycles. The maximum Gasteiger partial charge on any atom is 0.407 e. The number of carbonyl (C=O) groups is 1. The van der Waals surface area contributed by atoms with Crippen LogP contribution in [0.5, 0.6) is 0 Å². The van der Waals surface area contributed by atoms with Gasteiger partial charge in [-0.2, -0.15) is 11.8 Å².